The summed E-state index contributed by atoms with van der Waals surface area (Å²) in [7, 11) is 1.93. The highest BCUT2D eigenvalue weighted by Gasteiger charge is 2.22. The molecule has 0 bridgehead atoms. The lowest BCUT2D eigenvalue weighted by Crippen LogP contribution is -2.49. The van der Waals surface area contributed by atoms with Crippen molar-refractivity contribution in [3.63, 3.8) is 0 Å². The van der Waals surface area contributed by atoms with Crippen LogP contribution in [0, 0.1) is 0 Å². The van der Waals surface area contributed by atoms with Gasteiger partial charge in [0.2, 0.25) is 0 Å². The number of nitrogens with one attached hydrogen (secondary N) is 1. The van der Waals surface area contributed by atoms with E-state index in [4.69, 9.17) is 0 Å². The van der Waals surface area contributed by atoms with Gasteiger partial charge in [0, 0.05) is 29.7 Å². The second-order valence-corrected chi connectivity index (χ2v) is 6.49. The molecule has 1 heterocycles. The first-order valence-electron chi connectivity index (χ1n) is 6.45. The molecule has 0 aromatic carbocycles. The summed E-state index contributed by atoms with van der Waals surface area (Å²) < 4.78 is 1.82. The first-order valence-corrected chi connectivity index (χ1v) is 7.44. The third-order valence-corrected chi connectivity index (χ3v) is 3.85. The van der Waals surface area contributed by atoms with Crippen LogP contribution in [0.1, 0.15) is 33.6 Å². The van der Waals surface area contributed by atoms with Crippen LogP contribution in [-0.4, -0.2) is 38.8 Å². The zero-order valence-electron chi connectivity index (χ0n) is 11.8. The molecule has 2 N–H and O–H groups in total. The molecular formula is C13H25N3OS. The van der Waals surface area contributed by atoms with E-state index in [9.17, 15) is 5.11 Å². The molecule has 18 heavy (non-hydrogen) atoms. The second kappa shape index (κ2) is 7.16. The minimum Gasteiger partial charge on any atom is -0.394 e. The van der Waals surface area contributed by atoms with Gasteiger partial charge in [-0.15, -0.1) is 11.8 Å². The smallest absolute Gasteiger partial charge is 0.0625 e. The Morgan fingerprint density at radius 1 is 1.56 bits per heavy atom. The fourth-order valence-electron chi connectivity index (χ4n) is 2.02. The summed E-state index contributed by atoms with van der Waals surface area (Å²) in [5.74, 6) is 1.06. The Labute approximate surface area is 114 Å². The lowest BCUT2D eigenvalue weighted by Gasteiger charge is -2.31. The summed E-state index contributed by atoms with van der Waals surface area (Å²) in [5, 5.41) is 17.0. The molecular weight excluding hydrogens is 246 g/mol. The summed E-state index contributed by atoms with van der Waals surface area (Å²) in [5.41, 5.74) is -0.163. The van der Waals surface area contributed by atoms with Crippen LogP contribution < -0.4 is 5.32 Å². The number of aromatic nitrogens is 2. The van der Waals surface area contributed by atoms with Crippen LogP contribution in [0.4, 0.5) is 0 Å². The molecule has 0 radical (unpaired) electrons. The third-order valence-electron chi connectivity index (χ3n) is 2.81. The van der Waals surface area contributed by atoms with Gasteiger partial charge in [0.1, 0.15) is 0 Å². The van der Waals surface area contributed by atoms with Crippen molar-refractivity contribution in [2.75, 3.05) is 12.4 Å². The van der Waals surface area contributed by atoms with Gasteiger partial charge < -0.3 is 10.4 Å². The molecule has 0 aliphatic carbocycles. The van der Waals surface area contributed by atoms with Crippen molar-refractivity contribution in [1.29, 1.82) is 0 Å². The molecule has 0 amide bonds. The van der Waals surface area contributed by atoms with Crippen molar-refractivity contribution in [3.8, 4) is 0 Å². The number of thioether (sulfide) groups is 1. The standard InChI is InChI=1S/C13H25N3OS/c1-11(2)15-13(3,10-17)6-5-7-18-12-8-14-16(4)9-12/h8-9,11,15,17H,5-7,10H2,1-4H3. The quantitative estimate of drug-likeness (QED) is 0.561. The number of hydrogen-bond donors (Lipinski definition) is 2. The number of aliphatic hydroxyl groups is 1. The zero-order valence-corrected chi connectivity index (χ0v) is 12.6. The highest BCUT2D eigenvalue weighted by molar-refractivity contribution is 7.99. The number of aryl methyl sites for hydroxylation is 1. The van der Waals surface area contributed by atoms with Gasteiger partial charge in [0.15, 0.2) is 0 Å². The summed E-state index contributed by atoms with van der Waals surface area (Å²) in [6, 6.07) is 0.396. The average Bonchev–Trinajstić information content (AvgIpc) is 2.70. The maximum Gasteiger partial charge on any atom is 0.0625 e. The number of hydrogen-bond acceptors (Lipinski definition) is 4. The van der Waals surface area contributed by atoms with Crippen molar-refractivity contribution in [3.05, 3.63) is 12.4 Å². The first kappa shape index (κ1) is 15.5. The van der Waals surface area contributed by atoms with Gasteiger partial charge in [-0.3, -0.25) is 4.68 Å². The highest BCUT2D eigenvalue weighted by Crippen LogP contribution is 2.20. The maximum atomic E-state index is 9.47. The molecule has 4 nitrogen and oxygen atoms in total. The molecule has 5 heteroatoms. The molecule has 0 fully saturated rings. The Bertz CT molecular complexity index is 354. The number of rotatable bonds is 8. The molecule has 1 aromatic rings. The van der Waals surface area contributed by atoms with Gasteiger partial charge >= 0.3 is 0 Å². The molecule has 1 aromatic heterocycles. The van der Waals surface area contributed by atoms with Crippen LogP contribution in [-0.2, 0) is 7.05 Å². The van der Waals surface area contributed by atoms with E-state index in [-0.39, 0.29) is 12.1 Å². The van der Waals surface area contributed by atoms with Crippen molar-refractivity contribution in [2.45, 2.75) is 50.1 Å². The van der Waals surface area contributed by atoms with E-state index in [1.54, 1.807) is 0 Å². The van der Waals surface area contributed by atoms with Gasteiger partial charge in [-0.05, 0) is 25.5 Å². The van der Waals surface area contributed by atoms with E-state index >= 15 is 0 Å². The second-order valence-electron chi connectivity index (χ2n) is 5.32. The van der Waals surface area contributed by atoms with E-state index in [1.807, 2.05) is 35.9 Å². The third kappa shape index (κ3) is 5.42. The lowest BCUT2D eigenvalue weighted by molar-refractivity contribution is 0.156. The zero-order chi connectivity index (χ0) is 13.6. The van der Waals surface area contributed by atoms with E-state index in [1.165, 1.54) is 4.90 Å². The topological polar surface area (TPSA) is 50.1 Å². The molecule has 0 aliphatic rings. The molecule has 0 spiro atoms. The molecule has 1 atom stereocenters. The summed E-state index contributed by atoms with van der Waals surface area (Å²) >= 11 is 1.82. The van der Waals surface area contributed by atoms with Crippen molar-refractivity contribution < 1.29 is 5.11 Å². The van der Waals surface area contributed by atoms with Gasteiger partial charge in [0.25, 0.3) is 0 Å². The predicted molar refractivity (Wildman–Crippen MR) is 76.9 cm³/mol. The SMILES string of the molecule is CC(C)NC(C)(CO)CCCSc1cnn(C)c1. The van der Waals surface area contributed by atoms with Gasteiger partial charge in [0.05, 0.1) is 12.8 Å². The molecule has 1 rings (SSSR count). The van der Waals surface area contributed by atoms with Crippen LogP contribution in [0.25, 0.3) is 0 Å². The van der Waals surface area contributed by atoms with Gasteiger partial charge in [-0.2, -0.15) is 5.10 Å². The van der Waals surface area contributed by atoms with Crippen LogP contribution in [0.2, 0.25) is 0 Å². The fraction of sp³-hybridized carbons (Fsp3) is 0.769. The number of aliphatic hydroxyl groups excluding tert-OH is 1. The monoisotopic (exact) mass is 271 g/mol. The van der Waals surface area contributed by atoms with E-state index in [2.05, 4.69) is 31.2 Å². The Morgan fingerprint density at radius 3 is 2.78 bits per heavy atom. The molecule has 0 saturated heterocycles. The van der Waals surface area contributed by atoms with Crippen LogP contribution >= 0.6 is 11.8 Å². The van der Waals surface area contributed by atoms with Crippen LogP contribution in [0.15, 0.2) is 17.3 Å². The summed E-state index contributed by atoms with van der Waals surface area (Å²) in [6.45, 7) is 6.49. The minimum absolute atomic E-state index is 0.163. The Balaban J connectivity index is 2.27. The van der Waals surface area contributed by atoms with E-state index in [0.29, 0.717) is 6.04 Å². The van der Waals surface area contributed by atoms with Gasteiger partial charge in [-0.1, -0.05) is 13.8 Å². The van der Waals surface area contributed by atoms with Crippen LogP contribution in [0.5, 0.6) is 0 Å². The average molecular weight is 271 g/mol. The van der Waals surface area contributed by atoms with Gasteiger partial charge in [-0.25, -0.2) is 0 Å². The lowest BCUT2D eigenvalue weighted by atomic mass is 9.96. The number of nitrogens with zero attached hydrogens (tertiary/aromatic N) is 2. The van der Waals surface area contributed by atoms with E-state index in [0.717, 1.165) is 18.6 Å². The van der Waals surface area contributed by atoms with Crippen LogP contribution in [0.3, 0.4) is 0 Å². The molecule has 1 unspecified atom stereocenters. The highest BCUT2D eigenvalue weighted by atomic mass is 32.2. The van der Waals surface area contributed by atoms with Crippen molar-refractivity contribution in [1.82, 2.24) is 15.1 Å². The summed E-state index contributed by atoms with van der Waals surface area (Å²) in [6.07, 6.45) is 5.98. The largest absolute Gasteiger partial charge is 0.394 e. The Hall–Kier alpha value is -0.520. The summed E-state index contributed by atoms with van der Waals surface area (Å²) in [4.78, 5) is 1.21. The fourth-order valence-corrected chi connectivity index (χ4v) is 2.89. The molecule has 0 aliphatic heterocycles. The van der Waals surface area contributed by atoms with E-state index < -0.39 is 0 Å². The predicted octanol–water partition coefficient (Wildman–Crippen LogP) is 2.04. The minimum atomic E-state index is -0.163. The maximum absolute atomic E-state index is 9.47. The van der Waals surface area contributed by atoms with Crippen molar-refractivity contribution >= 4 is 11.8 Å². The normalized spacial score (nSPS) is 15.0. The molecule has 104 valence electrons. The van der Waals surface area contributed by atoms with Crippen molar-refractivity contribution in [2.24, 2.45) is 7.05 Å². The first-order chi connectivity index (χ1) is 8.45. The Morgan fingerprint density at radius 2 is 2.28 bits per heavy atom. The Kier molecular flexibility index (Phi) is 6.18. The molecule has 0 saturated carbocycles.